The Balaban J connectivity index is 1.25. The molecule has 3 heterocycles. The number of benzene rings is 6. The van der Waals surface area contributed by atoms with E-state index in [1.807, 2.05) is 48.5 Å². The molecule has 12 nitrogen and oxygen atoms in total. The van der Waals surface area contributed by atoms with Crippen LogP contribution in [0.15, 0.2) is 109 Å². The Morgan fingerprint density at radius 3 is 0.772 bits per heavy atom. The van der Waals surface area contributed by atoms with Crippen molar-refractivity contribution in [3.05, 3.63) is 154 Å². The number of unbranched alkanes of at least 4 members (excludes halogenated alkanes) is 32. The molecule has 8 bridgehead atoms. The molecule has 6 aromatic rings. The Hall–Kier alpha value is -5.63. The van der Waals surface area contributed by atoms with Crippen molar-refractivity contribution in [3.63, 3.8) is 0 Å². The van der Waals surface area contributed by atoms with E-state index in [2.05, 4.69) is 52.0 Å². The Bertz CT molecular complexity index is 3710. The average Bonchev–Trinajstić information content (AvgIpc) is 0.728. The summed E-state index contributed by atoms with van der Waals surface area (Å²) in [5.74, 6) is -0.225. The number of phenols is 2. The summed E-state index contributed by atoms with van der Waals surface area (Å²) in [6.07, 6.45) is 43.5. The first-order valence-corrected chi connectivity index (χ1v) is 44.6. The zero-order valence-corrected chi connectivity index (χ0v) is 65.0. The predicted molar refractivity (Wildman–Crippen MR) is 416 cm³/mol. The van der Waals surface area contributed by atoms with Crippen LogP contribution in [-0.4, -0.2) is 29.0 Å². The first-order valence-electron chi connectivity index (χ1n) is 40.1. The van der Waals surface area contributed by atoms with Crippen molar-refractivity contribution in [2.45, 2.75) is 308 Å². The van der Waals surface area contributed by atoms with Gasteiger partial charge >= 0.3 is 22.9 Å². The van der Waals surface area contributed by atoms with Gasteiger partial charge in [-0.3, -0.25) is 0 Å². The molecule has 0 radical (unpaired) electrons. The van der Waals surface area contributed by atoms with Gasteiger partial charge in [0, 0.05) is 92.4 Å². The highest BCUT2D eigenvalue weighted by atomic mass is 31.2. The summed E-state index contributed by atoms with van der Waals surface area (Å²) in [6.45, 7) is 9.04. The third kappa shape index (κ3) is 20.5. The van der Waals surface area contributed by atoms with Crippen molar-refractivity contribution in [1.82, 2.24) is 4.67 Å². The lowest BCUT2D eigenvalue weighted by molar-refractivity contribution is 0.316. The van der Waals surface area contributed by atoms with E-state index in [-0.39, 0.29) is 28.7 Å². The fourth-order valence-electron chi connectivity index (χ4n) is 16.0. The lowest BCUT2D eigenvalue weighted by Crippen LogP contribution is -2.23. The standard InChI is InChI=1S/C86H122NO11P3/c1-7-11-15-19-23-27-31-35-45-53-67-71-57-73-68(54-46-36-32-28-24-20-16-12-8-2)75-59-76-70(56-48-38-34-30-26-22-18-14-10-4)77-60-78-69(55-47-37-33-29-25-21-17-13-9-3)74-58-72(67)80(89)62-82(74)97-101(92,87(5)6)98-86(78)64-85(77)96-100(91,66-51-43-40-44-52-66)95-84(76)63-83(75)94-99(90,65-49-41-39-42-50-65)93-81(73)61-79(71)88/h39-44,49-52,57-64,67-70,88-89H,7-38,45-48,53-56H2,1-6H3. The van der Waals surface area contributed by atoms with Crippen molar-refractivity contribution >= 4 is 33.5 Å². The van der Waals surface area contributed by atoms with Crippen LogP contribution in [0.3, 0.4) is 0 Å². The molecule has 7 unspecified atom stereocenters. The molecule has 15 heteroatoms. The SMILES string of the molecule is CCCCCCCCCCCC1c2cc3c(cc2O)OP(=O)(c2ccccc2)Oc2cc4c(cc2C3CCCCCCCCCCC)C(CCCCCCCCCCC)c2cc3c(cc2OP(=O)(c2ccccc2)O4)OP(=O)(N(C)C)Oc2cc(O)c1cc2C3CCCCCCCCCCC. The minimum Gasteiger partial charge on any atom is -0.508 e. The number of hydrogen-bond donors (Lipinski definition) is 2. The molecule has 7 atom stereocenters. The fourth-order valence-corrected chi connectivity index (χ4v) is 20.4. The Kier molecular flexibility index (Phi) is 30.1. The highest BCUT2D eigenvalue weighted by Crippen LogP contribution is 2.64. The van der Waals surface area contributed by atoms with Crippen LogP contribution in [-0.2, 0) is 13.7 Å². The van der Waals surface area contributed by atoms with Gasteiger partial charge in [-0.25, -0.2) is 13.7 Å². The fraction of sp³-hybridized carbons (Fsp3) is 0.581. The molecule has 0 aromatic heterocycles. The van der Waals surface area contributed by atoms with Crippen molar-refractivity contribution in [2.24, 2.45) is 0 Å². The van der Waals surface area contributed by atoms with Crippen LogP contribution in [0.25, 0.3) is 0 Å². The maximum absolute atomic E-state index is 16.7. The van der Waals surface area contributed by atoms with E-state index in [0.717, 1.165) is 136 Å². The maximum atomic E-state index is 16.7. The van der Waals surface area contributed by atoms with E-state index in [1.54, 1.807) is 50.5 Å². The molecule has 2 N–H and O–H groups in total. The second-order valence-electron chi connectivity index (χ2n) is 30.0. The van der Waals surface area contributed by atoms with Crippen LogP contribution >= 0.6 is 22.9 Å². The van der Waals surface area contributed by atoms with E-state index in [9.17, 15) is 10.2 Å². The first kappa shape index (κ1) is 78.0. The normalized spacial score (nSPS) is 20.9. The molecule has 4 aliphatic rings. The molecular formula is C86H122NO11P3. The Morgan fingerprint density at radius 2 is 0.505 bits per heavy atom. The van der Waals surface area contributed by atoms with Crippen molar-refractivity contribution < 1.29 is 51.1 Å². The zero-order valence-electron chi connectivity index (χ0n) is 62.3. The van der Waals surface area contributed by atoms with E-state index in [1.165, 1.54) is 133 Å². The maximum Gasteiger partial charge on any atom is 0.515 e. The summed E-state index contributed by atoms with van der Waals surface area (Å²) >= 11 is 0. The van der Waals surface area contributed by atoms with E-state index in [0.29, 0.717) is 64.7 Å². The quantitative estimate of drug-likeness (QED) is 0.0277. The molecule has 6 aromatic carbocycles. The Morgan fingerprint density at radius 1 is 0.287 bits per heavy atom. The van der Waals surface area contributed by atoms with E-state index in [4.69, 9.17) is 27.1 Å². The zero-order chi connectivity index (χ0) is 71.0. The number of rotatable bonds is 43. The van der Waals surface area contributed by atoms with E-state index < -0.39 is 46.6 Å². The average molecular weight is 1440 g/mol. The molecule has 0 spiro atoms. The summed E-state index contributed by atoms with van der Waals surface area (Å²) in [6, 6.07) is 33.6. The van der Waals surface area contributed by atoms with Gasteiger partial charge in [-0.15, -0.1) is 0 Å². The van der Waals surface area contributed by atoms with Gasteiger partial charge < -0.3 is 37.4 Å². The molecule has 0 fully saturated rings. The largest absolute Gasteiger partial charge is 0.515 e. The molecule has 0 saturated carbocycles. The monoisotopic (exact) mass is 1440 g/mol. The van der Waals surface area contributed by atoms with E-state index >= 15 is 13.7 Å². The summed E-state index contributed by atoms with van der Waals surface area (Å²) < 4.78 is 92.9. The molecule has 101 heavy (non-hydrogen) atoms. The molecule has 3 aliphatic heterocycles. The predicted octanol–water partition coefficient (Wildman–Crippen LogP) is 26.6. The van der Waals surface area contributed by atoms with Gasteiger partial charge in [-0.1, -0.05) is 295 Å². The Labute approximate surface area is 607 Å². The van der Waals surface area contributed by atoms with Gasteiger partial charge in [0.1, 0.15) is 46.0 Å². The smallest absolute Gasteiger partial charge is 0.508 e. The first-order chi connectivity index (χ1) is 49.2. The van der Waals surface area contributed by atoms with Crippen molar-refractivity contribution in [3.8, 4) is 46.0 Å². The minimum atomic E-state index is -4.46. The second-order valence-corrected chi connectivity index (χ2v) is 35.8. The molecule has 1 aliphatic carbocycles. The minimum absolute atomic E-state index is 0.0406. The van der Waals surface area contributed by atoms with Crippen molar-refractivity contribution in [1.29, 1.82) is 0 Å². The van der Waals surface area contributed by atoms with Crippen LogP contribution in [0.4, 0.5) is 0 Å². The highest BCUT2D eigenvalue weighted by Gasteiger charge is 2.46. The van der Waals surface area contributed by atoms with Gasteiger partial charge in [-0.05, 0) is 88.3 Å². The van der Waals surface area contributed by atoms with Crippen LogP contribution in [0.5, 0.6) is 46.0 Å². The van der Waals surface area contributed by atoms with Crippen molar-refractivity contribution in [2.75, 3.05) is 14.1 Å². The molecule has 552 valence electrons. The summed E-state index contributed by atoms with van der Waals surface area (Å²) in [5, 5.41) is 26.8. The third-order valence-corrected chi connectivity index (χ3v) is 27.4. The summed E-state index contributed by atoms with van der Waals surface area (Å²) in [4.78, 5) is 0. The van der Waals surface area contributed by atoms with Crippen LogP contribution in [0.1, 0.15) is 353 Å². The van der Waals surface area contributed by atoms with Gasteiger partial charge in [0.25, 0.3) is 0 Å². The highest BCUT2D eigenvalue weighted by molar-refractivity contribution is 7.63. The number of hydrogen-bond acceptors (Lipinski definition) is 11. The molecule has 10 rings (SSSR count). The molecular weight excluding hydrogens is 1320 g/mol. The molecule has 0 amide bonds. The number of fused-ring (bicyclic) bond motifs is 2. The number of phenolic OH excluding ortho intramolecular Hbond substituents is 2. The number of nitrogens with zero attached hydrogens (tertiary/aromatic N) is 1. The van der Waals surface area contributed by atoms with Gasteiger partial charge in [0.15, 0.2) is 0 Å². The van der Waals surface area contributed by atoms with Gasteiger partial charge in [0.2, 0.25) is 0 Å². The lowest BCUT2D eigenvalue weighted by atomic mass is 9.76. The number of aromatic hydroxyl groups is 2. The van der Waals surface area contributed by atoms with Crippen LogP contribution in [0.2, 0.25) is 0 Å². The second kappa shape index (κ2) is 38.9. The van der Waals surface area contributed by atoms with Crippen LogP contribution in [0, 0.1) is 0 Å². The van der Waals surface area contributed by atoms with Gasteiger partial charge in [0.05, 0.1) is 10.6 Å². The third-order valence-electron chi connectivity index (χ3n) is 21.9. The summed E-state index contributed by atoms with van der Waals surface area (Å²) in [5.41, 5.74) is 5.96. The molecule has 0 saturated heterocycles. The van der Waals surface area contributed by atoms with Gasteiger partial charge in [-0.2, -0.15) is 4.67 Å². The lowest BCUT2D eigenvalue weighted by Gasteiger charge is -2.37. The topological polar surface area (TPSA) is 150 Å². The summed E-state index contributed by atoms with van der Waals surface area (Å²) in [7, 11) is -9.83. The van der Waals surface area contributed by atoms with Crippen LogP contribution < -0.4 is 37.8 Å².